The molecule has 0 fully saturated rings. The Labute approximate surface area is 95.8 Å². The highest BCUT2D eigenvalue weighted by Gasteiger charge is 2.17. The maximum Gasteiger partial charge on any atom is 0.242 e. The monoisotopic (exact) mass is 237 g/mol. The number of para-hydroxylation sites is 1. The lowest BCUT2D eigenvalue weighted by atomic mass is 10.2. The summed E-state index contributed by atoms with van der Waals surface area (Å²) in [6.45, 7) is 6.21. The molecule has 5 heteroatoms. The first kappa shape index (κ1) is 12.4. The normalized spacial score (nSPS) is 11.7. The van der Waals surface area contributed by atoms with Gasteiger partial charge in [0.25, 0.3) is 0 Å². The molecule has 0 radical (unpaired) electrons. The Hall–Kier alpha value is -1.62. The largest absolute Gasteiger partial charge is 0.544 e. The first-order valence-electron chi connectivity index (χ1n) is 4.98. The molecule has 0 aromatic heterocycles. The lowest BCUT2D eigenvalue weighted by Crippen LogP contribution is -2.29. The summed E-state index contributed by atoms with van der Waals surface area (Å²) < 4.78 is 5.83. The predicted octanol–water partition coefficient (Wildman–Crippen LogP) is 3.15. The molecule has 1 aromatic rings. The van der Waals surface area contributed by atoms with Crippen molar-refractivity contribution < 1.29 is 9.35 Å². The summed E-state index contributed by atoms with van der Waals surface area (Å²) in [5.74, 6) is 0.708. The van der Waals surface area contributed by atoms with Crippen molar-refractivity contribution in [1.29, 1.82) is 0 Å². The van der Waals surface area contributed by atoms with Crippen LogP contribution in [0.5, 0.6) is 5.75 Å². The van der Waals surface area contributed by atoms with E-state index in [1.54, 1.807) is 6.07 Å². The van der Waals surface area contributed by atoms with Gasteiger partial charge < -0.3 is 4.43 Å². The molecule has 0 amide bonds. The number of benzene rings is 1. The second kappa shape index (κ2) is 4.94. The molecule has 0 atom stereocenters. The van der Waals surface area contributed by atoms with Crippen LogP contribution in [0.2, 0.25) is 19.6 Å². The fraction of sp³-hybridized carbons (Fsp3) is 0.273. The van der Waals surface area contributed by atoms with Gasteiger partial charge in [0.05, 0.1) is 4.92 Å². The van der Waals surface area contributed by atoms with Crippen LogP contribution in [0.4, 0.5) is 0 Å². The van der Waals surface area contributed by atoms with Gasteiger partial charge >= 0.3 is 0 Å². The van der Waals surface area contributed by atoms with E-state index in [0.29, 0.717) is 5.75 Å². The Morgan fingerprint density at radius 3 is 2.50 bits per heavy atom. The molecule has 0 saturated heterocycles. The highest BCUT2D eigenvalue weighted by atomic mass is 28.4. The third-order valence-corrected chi connectivity index (χ3v) is 2.54. The summed E-state index contributed by atoms with van der Waals surface area (Å²) >= 11 is 0. The van der Waals surface area contributed by atoms with Crippen molar-refractivity contribution in [2.24, 2.45) is 0 Å². The molecule has 0 aliphatic carbocycles. The van der Waals surface area contributed by atoms with Gasteiger partial charge in [-0.2, -0.15) is 0 Å². The lowest BCUT2D eigenvalue weighted by molar-refractivity contribution is -0.400. The molecule has 86 valence electrons. The molecule has 0 N–H and O–H groups in total. The van der Waals surface area contributed by atoms with Crippen molar-refractivity contribution in [3.63, 3.8) is 0 Å². The van der Waals surface area contributed by atoms with Crippen LogP contribution in [0, 0.1) is 10.1 Å². The zero-order valence-electron chi connectivity index (χ0n) is 9.64. The Balaban J connectivity index is 2.96. The average Bonchev–Trinajstić information content (AvgIpc) is 2.14. The Morgan fingerprint density at radius 1 is 1.31 bits per heavy atom. The van der Waals surface area contributed by atoms with Gasteiger partial charge in [-0.05, 0) is 25.7 Å². The van der Waals surface area contributed by atoms with E-state index >= 15 is 0 Å². The van der Waals surface area contributed by atoms with E-state index in [0.717, 1.165) is 11.8 Å². The van der Waals surface area contributed by atoms with Crippen LogP contribution in [0.25, 0.3) is 6.08 Å². The molecule has 0 bridgehead atoms. The lowest BCUT2D eigenvalue weighted by Gasteiger charge is -2.20. The Bertz CT molecular complexity index is 410. The third-order valence-electron chi connectivity index (χ3n) is 1.71. The molecule has 0 heterocycles. The molecule has 1 rings (SSSR count). The third kappa shape index (κ3) is 4.27. The fourth-order valence-electron chi connectivity index (χ4n) is 1.18. The quantitative estimate of drug-likeness (QED) is 0.459. The number of hydrogen-bond acceptors (Lipinski definition) is 3. The van der Waals surface area contributed by atoms with Gasteiger partial charge in [-0.1, -0.05) is 18.2 Å². The van der Waals surface area contributed by atoms with Crippen molar-refractivity contribution in [2.75, 3.05) is 0 Å². The molecule has 0 aliphatic heterocycles. The standard InChI is InChI=1S/C11H15NO3Si/c1-16(2,3)15-11-7-5-4-6-10(11)8-9-12(13)14/h4-9H,1-3H3. The van der Waals surface area contributed by atoms with E-state index in [1.165, 1.54) is 6.08 Å². The summed E-state index contributed by atoms with van der Waals surface area (Å²) in [7, 11) is -1.69. The van der Waals surface area contributed by atoms with E-state index in [4.69, 9.17) is 4.43 Å². The molecule has 1 aromatic carbocycles. The fourth-order valence-corrected chi connectivity index (χ4v) is 2.03. The summed E-state index contributed by atoms with van der Waals surface area (Å²) in [5.41, 5.74) is 0.738. The van der Waals surface area contributed by atoms with Crippen molar-refractivity contribution >= 4 is 14.4 Å². The molecule has 0 aliphatic rings. The second-order valence-corrected chi connectivity index (χ2v) is 8.78. The average molecular weight is 237 g/mol. The van der Waals surface area contributed by atoms with Crippen LogP contribution in [0.3, 0.4) is 0 Å². The zero-order valence-corrected chi connectivity index (χ0v) is 10.6. The van der Waals surface area contributed by atoms with Crippen LogP contribution in [-0.2, 0) is 0 Å². The highest BCUT2D eigenvalue weighted by Crippen LogP contribution is 2.22. The Kier molecular flexibility index (Phi) is 3.84. The van der Waals surface area contributed by atoms with Gasteiger partial charge in [0.15, 0.2) is 0 Å². The van der Waals surface area contributed by atoms with E-state index < -0.39 is 13.2 Å². The van der Waals surface area contributed by atoms with Gasteiger partial charge in [0, 0.05) is 11.6 Å². The number of rotatable bonds is 4. The first-order valence-corrected chi connectivity index (χ1v) is 8.39. The molecule has 4 nitrogen and oxygen atoms in total. The van der Waals surface area contributed by atoms with E-state index in [9.17, 15) is 10.1 Å². The zero-order chi connectivity index (χ0) is 12.2. The SMILES string of the molecule is C[Si](C)(C)Oc1ccccc1C=C[N+](=O)[O-]. The maximum absolute atomic E-state index is 10.3. The minimum atomic E-state index is -1.69. The molecule has 16 heavy (non-hydrogen) atoms. The first-order chi connectivity index (χ1) is 7.38. The van der Waals surface area contributed by atoms with Gasteiger partial charge in [-0.3, -0.25) is 10.1 Å². The van der Waals surface area contributed by atoms with Crippen molar-refractivity contribution in [3.05, 3.63) is 46.1 Å². The summed E-state index contributed by atoms with van der Waals surface area (Å²) in [4.78, 5) is 9.77. The minimum Gasteiger partial charge on any atom is -0.544 e. The predicted molar refractivity (Wildman–Crippen MR) is 66.4 cm³/mol. The van der Waals surface area contributed by atoms with Crippen LogP contribution in [0.1, 0.15) is 5.56 Å². The second-order valence-electron chi connectivity index (χ2n) is 4.35. The smallest absolute Gasteiger partial charge is 0.242 e. The van der Waals surface area contributed by atoms with Crippen LogP contribution >= 0.6 is 0 Å². The number of nitrogens with zero attached hydrogens (tertiary/aromatic N) is 1. The van der Waals surface area contributed by atoms with Crippen molar-refractivity contribution in [3.8, 4) is 5.75 Å². The van der Waals surface area contributed by atoms with Gasteiger partial charge in [0.2, 0.25) is 14.5 Å². The maximum atomic E-state index is 10.3. The molecule has 0 unspecified atom stereocenters. The highest BCUT2D eigenvalue weighted by molar-refractivity contribution is 6.70. The number of nitro groups is 1. The van der Waals surface area contributed by atoms with E-state index in [2.05, 4.69) is 19.6 Å². The van der Waals surface area contributed by atoms with Gasteiger partial charge in [-0.15, -0.1) is 0 Å². The van der Waals surface area contributed by atoms with Crippen molar-refractivity contribution in [1.82, 2.24) is 0 Å². The molecular weight excluding hydrogens is 222 g/mol. The van der Waals surface area contributed by atoms with Gasteiger partial charge in [-0.25, -0.2) is 0 Å². The summed E-state index contributed by atoms with van der Waals surface area (Å²) in [6, 6.07) is 7.32. The molecular formula is C11H15NO3Si. The van der Waals surface area contributed by atoms with Crippen LogP contribution in [-0.4, -0.2) is 13.2 Å². The number of hydrogen-bond donors (Lipinski definition) is 0. The van der Waals surface area contributed by atoms with E-state index in [-0.39, 0.29) is 0 Å². The Morgan fingerprint density at radius 2 is 1.94 bits per heavy atom. The molecule has 0 saturated carbocycles. The van der Waals surface area contributed by atoms with E-state index in [1.807, 2.05) is 18.2 Å². The van der Waals surface area contributed by atoms with Gasteiger partial charge in [0.1, 0.15) is 5.75 Å². The van der Waals surface area contributed by atoms with Crippen LogP contribution < -0.4 is 4.43 Å². The van der Waals surface area contributed by atoms with Crippen LogP contribution in [0.15, 0.2) is 30.5 Å². The summed E-state index contributed by atoms with van der Waals surface area (Å²) in [5, 5.41) is 10.3. The van der Waals surface area contributed by atoms with Crippen molar-refractivity contribution in [2.45, 2.75) is 19.6 Å². The minimum absolute atomic E-state index is 0.481. The molecule has 0 spiro atoms. The summed E-state index contributed by atoms with van der Waals surface area (Å²) in [6.07, 6.45) is 2.38. The topological polar surface area (TPSA) is 52.4 Å².